The summed E-state index contributed by atoms with van der Waals surface area (Å²) in [7, 11) is 5.90. The summed E-state index contributed by atoms with van der Waals surface area (Å²) in [6, 6.07) is 6.46. The molecular weight excluding hydrogens is 354 g/mol. The Balaban J connectivity index is 1.93. The van der Waals surface area contributed by atoms with E-state index in [-0.39, 0.29) is 11.5 Å². The first-order valence-electron chi connectivity index (χ1n) is 8.11. The summed E-state index contributed by atoms with van der Waals surface area (Å²) in [5.41, 5.74) is 1.44. The van der Waals surface area contributed by atoms with Gasteiger partial charge < -0.3 is 23.7 Å². The molecule has 1 amide bonds. The number of esters is 1. The van der Waals surface area contributed by atoms with Gasteiger partial charge in [0.15, 0.2) is 23.0 Å². The Morgan fingerprint density at radius 2 is 1.56 bits per heavy atom. The van der Waals surface area contributed by atoms with Crippen molar-refractivity contribution >= 4 is 17.6 Å². The molecule has 2 aliphatic rings. The fourth-order valence-electron chi connectivity index (χ4n) is 3.48. The predicted molar refractivity (Wildman–Crippen MR) is 94.1 cm³/mol. The van der Waals surface area contributed by atoms with Crippen LogP contribution in [-0.4, -0.2) is 40.3 Å². The molecule has 8 heteroatoms. The lowest BCUT2D eigenvalue weighted by molar-refractivity contribution is 0.0272. The number of methoxy groups -OCH3 is 4. The molecule has 4 rings (SSSR count). The van der Waals surface area contributed by atoms with Crippen molar-refractivity contribution in [2.45, 2.75) is 6.23 Å². The van der Waals surface area contributed by atoms with Crippen molar-refractivity contribution in [2.24, 2.45) is 0 Å². The molecule has 0 saturated heterocycles. The van der Waals surface area contributed by atoms with Crippen LogP contribution in [0.1, 0.15) is 32.5 Å². The molecule has 2 heterocycles. The molecule has 0 saturated carbocycles. The highest BCUT2D eigenvalue weighted by atomic mass is 16.6. The molecule has 1 atom stereocenters. The van der Waals surface area contributed by atoms with Crippen molar-refractivity contribution in [3.8, 4) is 23.0 Å². The minimum atomic E-state index is -0.884. The van der Waals surface area contributed by atoms with Crippen LogP contribution in [-0.2, 0) is 4.74 Å². The summed E-state index contributed by atoms with van der Waals surface area (Å²) < 4.78 is 26.8. The van der Waals surface area contributed by atoms with Gasteiger partial charge in [0.2, 0.25) is 6.23 Å². The molecular formula is C19H17NO7. The topological polar surface area (TPSA) is 83.5 Å². The Labute approximate surface area is 155 Å². The van der Waals surface area contributed by atoms with Crippen LogP contribution in [0.4, 0.5) is 5.69 Å². The number of amides is 1. The molecule has 8 nitrogen and oxygen atoms in total. The molecule has 0 N–H and O–H groups in total. The Morgan fingerprint density at radius 1 is 0.889 bits per heavy atom. The van der Waals surface area contributed by atoms with E-state index in [4.69, 9.17) is 23.7 Å². The quantitative estimate of drug-likeness (QED) is 0.764. The number of benzene rings is 2. The van der Waals surface area contributed by atoms with Gasteiger partial charge >= 0.3 is 5.97 Å². The van der Waals surface area contributed by atoms with Crippen LogP contribution in [0.15, 0.2) is 24.3 Å². The summed E-state index contributed by atoms with van der Waals surface area (Å²) in [5, 5.41) is 0. The van der Waals surface area contributed by atoms with Gasteiger partial charge in [-0.1, -0.05) is 0 Å². The summed E-state index contributed by atoms with van der Waals surface area (Å²) in [4.78, 5) is 27.2. The van der Waals surface area contributed by atoms with E-state index in [0.717, 1.165) is 0 Å². The van der Waals surface area contributed by atoms with E-state index in [1.165, 1.54) is 39.4 Å². The zero-order chi connectivity index (χ0) is 19.3. The normalized spacial score (nSPS) is 16.9. The third-order valence-electron chi connectivity index (χ3n) is 4.71. The minimum Gasteiger partial charge on any atom is -0.493 e. The number of hydrogen-bond donors (Lipinski definition) is 0. The number of fused-ring (bicyclic) bond motifs is 5. The van der Waals surface area contributed by atoms with Gasteiger partial charge in [0, 0.05) is 17.7 Å². The lowest BCUT2D eigenvalue weighted by atomic mass is 10.1. The van der Waals surface area contributed by atoms with Gasteiger partial charge in [-0.3, -0.25) is 9.69 Å². The van der Waals surface area contributed by atoms with E-state index >= 15 is 0 Å². The molecule has 0 aromatic heterocycles. The maximum Gasteiger partial charge on any atom is 0.342 e. The molecule has 140 valence electrons. The first-order chi connectivity index (χ1) is 13.0. The average Bonchev–Trinajstić information content (AvgIpc) is 2.98. The lowest BCUT2D eigenvalue weighted by Gasteiger charge is -2.31. The SMILES string of the molecule is COc1cc2c(cc1OC)N1C(=O)c3c(ccc(OC)c3OC)[C@@H]1OC2=O. The zero-order valence-electron chi connectivity index (χ0n) is 15.2. The van der Waals surface area contributed by atoms with Crippen LogP contribution < -0.4 is 23.8 Å². The van der Waals surface area contributed by atoms with Crippen molar-refractivity contribution in [2.75, 3.05) is 33.3 Å². The van der Waals surface area contributed by atoms with E-state index in [0.29, 0.717) is 39.8 Å². The predicted octanol–water partition coefficient (Wildman–Crippen LogP) is 2.55. The zero-order valence-corrected chi connectivity index (χ0v) is 15.2. The second-order valence-corrected chi connectivity index (χ2v) is 5.92. The highest BCUT2D eigenvalue weighted by Gasteiger charge is 2.48. The van der Waals surface area contributed by atoms with E-state index in [1.807, 2.05) is 0 Å². The molecule has 0 radical (unpaired) electrons. The highest BCUT2D eigenvalue weighted by Crippen LogP contribution is 2.50. The van der Waals surface area contributed by atoms with Gasteiger partial charge in [0.05, 0.1) is 45.3 Å². The standard InChI is InChI=1S/C19H17NO7/c1-23-12-6-5-9-15(16(12)26-4)17(21)20-11-8-14(25-3)13(24-2)7-10(11)19(22)27-18(9)20/h5-8,18H,1-4H3/t18-/m0/s1. The summed E-state index contributed by atoms with van der Waals surface area (Å²) in [6.07, 6.45) is -0.884. The summed E-state index contributed by atoms with van der Waals surface area (Å²) in [5.74, 6) is 0.582. The van der Waals surface area contributed by atoms with Gasteiger partial charge in [-0.2, -0.15) is 0 Å². The fraction of sp³-hybridized carbons (Fsp3) is 0.263. The fourth-order valence-corrected chi connectivity index (χ4v) is 3.48. The second-order valence-electron chi connectivity index (χ2n) is 5.92. The van der Waals surface area contributed by atoms with Gasteiger partial charge in [-0.05, 0) is 12.1 Å². The van der Waals surface area contributed by atoms with Crippen molar-refractivity contribution in [1.29, 1.82) is 0 Å². The minimum absolute atomic E-state index is 0.219. The molecule has 0 fully saturated rings. The number of anilines is 1. The largest absolute Gasteiger partial charge is 0.493 e. The molecule has 2 aromatic rings. The molecule has 27 heavy (non-hydrogen) atoms. The Hall–Kier alpha value is -3.42. The van der Waals surface area contributed by atoms with Gasteiger partial charge in [-0.25, -0.2) is 4.79 Å². The number of carbonyl (C=O) groups excluding carboxylic acids is 2. The van der Waals surface area contributed by atoms with E-state index in [9.17, 15) is 9.59 Å². The Bertz CT molecular complexity index is 969. The molecule has 0 bridgehead atoms. The van der Waals surface area contributed by atoms with Crippen LogP contribution in [0.25, 0.3) is 0 Å². The van der Waals surface area contributed by atoms with Crippen LogP contribution >= 0.6 is 0 Å². The number of ether oxygens (including phenoxy) is 5. The summed E-state index contributed by atoms with van der Waals surface area (Å²) >= 11 is 0. The van der Waals surface area contributed by atoms with Gasteiger partial charge in [0.1, 0.15) is 0 Å². The molecule has 2 aliphatic heterocycles. The number of hydrogen-bond acceptors (Lipinski definition) is 7. The van der Waals surface area contributed by atoms with E-state index < -0.39 is 12.2 Å². The first kappa shape index (κ1) is 17.0. The van der Waals surface area contributed by atoms with Crippen LogP contribution in [0.5, 0.6) is 23.0 Å². The second kappa shape index (κ2) is 6.08. The Kier molecular flexibility index (Phi) is 3.83. The molecule has 2 aromatic carbocycles. The third kappa shape index (κ3) is 2.22. The number of nitrogens with zero attached hydrogens (tertiary/aromatic N) is 1. The maximum atomic E-state index is 13.2. The van der Waals surface area contributed by atoms with Crippen molar-refractivity contribution < 1.29 is 33.3 Å². The van der Waals surface area contributed by atoms with Gasteiger partial charge in [-0.15, -0.1) is 0 Å². The van der Waals surface area contributed by atoms with Gasteiger partial charge in [0.25, 0.3) is 5.91 Å². The monoisotopic (exact) mass is 371 g/mol. The molecule has 0 aliphatic carbocycles. The molecule has 0 unspecified atom stereocenters. The van der Waals surface area contributed by atoms with Crippen LogP contribution in [0, 0.1) is 0 Å². The lowest BCUT2D eigenvalue weighted by Crippen LogP contribution is -2.36. The van der Waals surface area contributed by atoms with Crippen LogP contribution in [0.2, 0.25) is 0 Å². The van der Waals surface area contributed by atoms with Crippen molar-refractivity contribution in [1.82, 2.24) is 0 Å². The highest BCUT2D eigenvalue weighted by molar-refractivity contribution is 6.17. The number of rotatable bonds is 4. The number of carbonyl (C=O) groups is 2. The molecule has 0 spiro atoms. The van der Waals surface area contributed by atoms with Crippen LogP contribution in [0.3, 0.4) is 0 Å². The Morgan fingerprint density at radius 3 is 2.19 bits per heavy atom. The first-order valence-corrected chi connectivity index (χ1v) is 8.11. The van der Waals surface area contributed by atoms with Crippen molar-refractivity contribution in [3.63, 3.8) is 0 Å². The third-order valence-corrected chi connectivity index (χ3v) is 4.71. The average molecular weight is 371 g/mol. The van der Waals surface area contributed by atoms with E-state index in [1.54, 1.807) is 18.2 Å². The summed E-state index contributed by atoms with van der Waals surface area (Å²) in [6.45, 7) is 0. The van der Waals surface area contributed by atoms with E-state index in [2.05, 4.69) is 0 Å². The smallest absolute Gasteiger partial charge is 0.342 e. The van der Waals surface area contributed by atoms with Crippen molar-refractivity contribution in [3.05, 3.63) is 41.0 Å². The maximum absolute atomic E-state index is 13.2.